The molecule has 142 valence electrons. The third-order valence-electron chi connectivity index (χ3n) is 3.41. The van der Waals surface area contributed by atoms with Crippen molar-refractivity contribution in [3.63, 3.8) is 0 Å². The van der Waals surface area contributed by atoms with Crippen LogP contribution in [0.2, 0.25) is 0 Å². The molecule has 0 saturated carbocycles. The Kier molecular flexibility index (Phi) is 5.75. The van der Waals surface area contributed by atoms with Gasteiger partial charge in [-0.2, -0.15) is 0 Å². The van der Waals surface area contributed by atoms with Gasteiger partial charge in [0.15, 0.2) is 6.10 Å². The van der Waals surface area contributed by atoms with Crippen molar-refractivity contribution in [2.75, 3.05) is 4.72 Å². The number of rotatable bonds is 7. The number of non-ortho nitro benzene ring substituents is 1. The van der Waals surface area contributed by atoms with E-state index in [0.29, 0.717) is 0 Å². The summed E-state index contributed by atoms with van der Waals surface area (Å²) in [7, 11) is -4.22. The predicted octanol–water partition coefficient (Wildman–Crippen LogP) is 1.43. The number of hydrogen-bond acceptors (Lipinski definition) is 7. The van der Waals surface area contributed by atoms with Gasteiger partial charge >= 0.3 is 5.97 Å². The van der Waals surface area contributed by atoms with Gasteiger partial charge in [-0.05, 0) is 25.1 Å². The largest absolute Gasteiger partial charge is 0.449 e. The zero-order valence-corrected chi connectivity index (χ0v) is 14.8. The molecular weight excluding hydrogens is 378 g/mol. The van der Waals surface area contributed by atoms with Crippen LogP contribution in [-0.2, 0) is 19.6 Å². The molecule has 0 bridgehead atoms. The van der Waals surface area contributed by atoms with E-state index < -0.39 is 38.6 Å². The maximum atomic E-state index is 12.5. The predicted molar refractivity (Wildman–Crippen MR) is 94.4 cm³/mol. The average molecular weight is 393 g/mol. The van der Waals surface area contributed by atoms with Crippen LogP contribution < -0.4 is 10.5 Å². The molecule has 2 aromatic carbocycles. The Bertz CT molecular complexity index is 1000. The minimum atomic E-state index is -4.22. The van der Waals surface area contributed by atoms with Gasteiger partial charge in [0.1, 0.15) is 0 Å². The number of nitrogens with one attached hydrogen (secondary N) is 1. The number of carbonyl (C=O) groups excluding carboxylic acids is 2. The first-order valence-electron chi connectivity index (χ1n) is 7.48. The quantitative estimate of drug-likeness (QED) is 0.409. The molecule has 0 heterocycles. The van der Waals surface area contributed by atoms with Crippen molar-refractivity contribution in [2.24, 2.45) is 5.73 Å². The normalized spacial score (nSPS) is 12.0. The number of para-hydroxylation sites is 1. The summed E-state index contributed by atoms with van der Waals surface area (Å²) >= 11 is 0. The van der Waals surface area contributed by atoms with Crippen molar-refractivity contribution >= 4 is 33.3 Å². The maximum Gasteiger partial charge on any atom is 0.341 e. The molecule has 0 saturated heterocycles. The van der Waals surface area contributed by atoms with E-state index in [1.54, 1.807) is 0 Å². The molecule has 0 aromatic heterocycles. The van der Waals surface area contributed by atoms with Gasteiger partial charge < -0.3 is 10.5 Å². The zero-order chi connectivity index (χ0) is 20.2. The smallest absolute Gasteiger partial charge is 0.341 e. The van der Waals surface area contributed by atoms with Crippen molar-refractivity contribution in [3.8, 4) is 0 Å². The van der Waals surface area contributed by atoms with Gasteiger partial charge in [-0.3, -0.25) is 19.6 Å². The first-order valence-corrected chi connectivity index (χ1v) is 8.96. The lowest BCUT2D eigenvalue weighted by molar-refractivity contribution is -0.385. The molecule has 1 atom stereocenters. The molecule has 1 unspecified atom stereocenters. The molecule has 2 rings (SSSR count). The van der Waals surface area contributed by atoms with Crippen molar-refractivity contribution in [1.29, 1.82) is 0 Å². The fraction of sp³-hybridized carbons (Fsp3) is 0.125. The Morgan fingerprint density at radius 3 is 2.48 bits per heavy atom. The summed E-state index contributed by atoms with van der Waals surface area (Å²) < 4.78 is 32.1. The lowest BCUT2D eigenvalue weighted by Gasteiger charge is -2.14. The number of carbonyl (C=O) groups is 2. The van der Waals surface area contributed by atoms with Crippen LogP contribution in [0.25, 0.3) is 0 Å². The summed E-state index contributed by atoms with van der Waals surface area (Å²) in [4.78, 5) is 33.0. The number of sulfonamides is 1. The third kappa shape index (κ3) is 4.79. The molecule has 0 aliphatic heterocycles. The Morgan fingerprint density at radius 2 is 1.85 bits per heavy atom. The molecule has 0 radical (unpaired) electrons. The summed E-state index contributed by atoms with van der Waals surface area (Å²) in [5, 5.41) is 10.8. The molecule has 0 aliphatic carbocycles. The van der Waals surface area contributed by atoms with Gasteiger partial charge in [-0.15, -0.1) is 0 Å². The molecule has 27 heavy (non-hydrogen) atoms. The Balaban J connectivity index is 2.35. The number of nitro benzene ring substituents is 1. The van der Waals surface area contributed by atoms with Crippen molar-refractivity contribution in [1.82, 2.24) is 0 Å². The number of anilines is 1. The summed E-state index contributed by atoms with van der Waals surface area (Å²) in [5.41, 5.74) is 4.36. The Labute approximate surface area is 154 Å². The number of esters is 1. The molecule has 0 spiro atoms. The highest BCUT2D eigenvalue weighted by Crippen LogP contribution is 2.23. The van der Waals surface area contributed by atoms with Crippen LogP contribution in [-0.4, -0.2) is 31.3 Å². The van der Waals surface area contributed by atoms with E-state index in [1.807, 2.05) is 0 Å². The molecule has 0 fully saturated rings. The highest BCUT2D eigenvalue weighted by Gasteiger charge is 2.23. The lowest BCUT2D eigenvalue weighted by atomic mass is 10.2. The molecule has 11 heteroatoms. The number of nitro groups is 1. The number of nitrogens with zero attached hydrogens (tertiary/aromatic N) is 1. The second-order valence-corrected chi connectivity index (χ2v) is 7.04. The number of ether oxygens (including phenoxy) is 1. The first-order chi connectivity index (χ1) is 12.6. The Hall–Kier alpha value is -3.47. The minimum absolute atomic E-state index is 0.120. The van der Waals surface area contributed by atoms with E-state index >= 15 is 0 Å². The summed E-state index contributed by atoms with van der Waals surface area (Å²) in [5.74, 6) is -1.82. The van der Waals surface area contributed by atoms with Crippen LogP contribution in [0, 0.1) is 10.1 Å². The summed E-state index contributed by atoms with van der Waals surface area (Å²) in [6.45, 7) is 1.27. The summed E-state index contributed by atoms with van der Waals surface area (Å²) in [6.07, 6.45) is -1.21. The Morgan fingerprint density at radius 1 is 1.19 bits per heavy atom. The number of hydrogen-bond donors (Lipinski definition) is 2. The van der Waals surface area contributed by atoms with E-state index in [-0.39, 0.29) is 16.1 Å². The van der Waals surface area contributed by atoms with Crippen LogP contribution in [0.5, 0.6) is 0 Å². The van der Waals surface area contributed by atoms with Gasteiger partial charge in [0, 0.05) is 12.1 Å². The van der Waals surface area contributed by atoms with Crippen LogP contribution in [0.4, 0.5) is 11.4 Å². The molecule has 10 nitrogen and oxygen atoms in total. The SMILES string of the molecule is CC(OC(=O)c1ccccc1NS(=O)(=O)c1cccc([N+](=O)[O-])c1)C(N)=O. The summed E-state index contributed by atoms with van der Waals surface area (Å²) in [6, 6.07) is 9.97. The van der Waals surface area contributed by atoms with Crippen LogP contribution in [0.3, 0.4) is 0 Å². The third-order valence-corrected chi connectivity index (χ3v) is 4.78. The number of nitrogens with two attached hydrogens (primary N) is 1. The second kappa shape index (κ2) is 7.83. The van der Waals surface area contributed by atoms with Gasteiger partial charge in [-0.1, -0.05) is 18.2 Å². The van der Waals surface area contributed by atoms with Gasteiger partial charge in [0.05, 0.1) is 21.1 Å². The van der Waals surface area contributed by atoms with Crippen molar-refractivity contribution < 1.29 is 27.7 Å². The zero-order valence-electron chi connectivity index (χ0n) is 14.0. The first kappa shape index (κ1) is 19.8. The number of benzene rings is 2. The fourth-order valence-corrected chi connectivity index (χ4v) is 3.12. The van der Waals surface area contributed by atoms with Gasteiger partial charge in [0.25, 0.3) is 21.6 Å². The standard InChI is InChI=1S/C16H15N3O7S/c1-10(15(17)20)26-16(21)13-7-2-3-8-14(13)18-27(24,25)12-6-4-5-11(9-12)19(22)23/h2-10,18H,1H3,(H2,17,20). The molecular formula is C16H15N3O7S. The highest BCUT2D eigenvalue weighted by atomic mass is 32.2. The van der Waals surface area contributed by atoms with Crippen molar-refractivity contribution in [3.05, 3.63) is 64.2 Å². The highest BCUT2D eigenvalue weighted by molar-refractivity contribution is 7.92. The maximum absolute atomic E-state index is 12.5. The van der Waals surface area contributed by atoms with Crippen molar-refractivity contribution in [2.45, 2.75) is 17.9 Å². The van der Waals surface area contributed by atoms with Gasteiger partial charge in [0.2, 0.25) is 0 Å². The van der Waals surface area contributed by atoms with E-state index in [9.17, 15) is 28.1 Å². The second-order valence-electron chi connectivity index (χ2n) is 5.36. The molecule has 2 aromatic rings. The lowest BCUT2D eigenvalue weighted by Crippen LogP contribution is -2.30. The average Bonchev–Trinajstić information content (AvgIpc) is 2.61. The van der Waals surface area contributed by atoms with E-state index in [4.69, 9.17) is 10.5 Å². The molecule has 3 N–H and O–H groups in total. The van der Waals surface area contributed by atoms with Crippen LogP contribution >= 0.6 is 0 Å². The molecule has 0 aliphatic rings. The van der Waals surface area contributed by atoms with Crippen LogP contribution in [0.15, 0.2) is 53.4 Å². The fourth-order valence-electron chi connectivity index (χ4n) is 2.00. The molecule has 1 amide bonds. The monoisotopic (exact) mass is 393 g/mol. The van der Waals surface area contributed by atoms with E-state index in [0.717, 1.165) is 12.1 Å². The minimum Gasteiger partial charge on any atom is -0.449 e. The number of primary amides is 1. The number of amides is 1. The van der Waals surface area contributed by atoms with Gasteiger partial charge in [-0.25, -0.2) is 13.2 Å². The van der Waals surface area contributed by atoms with E-state index in [1.165, 1.54) is 43.3 Å². The topological polar surface area (TPSA) is 159 Å². The van der Waals surface area contributed by atoms with E-state index in [2.05, 4.69) is 4.72 Å². The van der Waals surface area contributed by atoms with Crippen LogP contribution in [0.1, 0.15) is 17.3 Å².